The zero-order valence-electron chi connectivity index (χ0n) is 10.7. The van der Waals surface area contributed by atoms with Crippen molar-refractivity contribution in [3.8, 4) is 5.75 Å². The van der Waals surface area contributed by atoms with Crippen molar-refractivity contribution in [1.29, 1.82) is 0 Å². The first kappa shape index (κ1) is 14.5. The topological polar surface area (TPSA) is 64.3 Å². The van der Waals surface area contributed by atoms with Crippen LogP contribution in [0.1, 0.15) is 25.7 Å². The van der Waals surface area contributed by atoms with Gasteiger partial charge in [0.15, 0.2) is 0 Å². The average Bonchev–Trinajstić information content (AvgIpc) is 2.40. The number of hydrogen-bond acceptors (Lipinski definition) is 3. The second kappa shape index (κ2) is 9.48. The summed E-state index contributed by atoms with van der Waals surface area (Å²) in [6.07, 6.45) is 3.47. The first-order valence-electron chi connectivity index (χ1n) is 6.47. The third-order valence-electron chi connectivity index (χ3n) is 2.54. The SMILES string of the molecule is NCCCCCNC(=O)CCOc1ccccc1. The maximum absolute atomic E-state index is 11.5. The van der Waals surface area contributed by atoms with Gasteiger partial charge in [-0.15, -0.1) is 0 Å². The maximum atomic E-state index is 11.5. The van der Waals surface area contributed by atoms with Crippen molar-refractivity contribution in [3.63, 3.8) is 0 Å². The van der Waals surface area contributed by atoms with Crippen LogP contribution in [0.3, 0.4) is 0 Å². The molecule has 1 aromatic carbocycles. The predicted molar refractivity (Wildman–Crippen MR) is 72.5 cm³/mol. The van der Waals surface area contributed by atoms with Gasteiger partial charge in [0.2, 0.25) is 5.91 Å². The van der Waals surface area contributed by atoms with E-state index in [1.165, 1.54) is 0 Å². The number of nitrogens with one attached hydrogen (secondary N) is 1. The molecule has 4 heteroatoms. The number of nitrogens with two attached hydrogens (primary N) is 1. The van der Waals surface area contributed by atoms with Crippen LogP contribution in [0.25, 0.3) is 0 Å². The van der Waals surface area contributed by atoms with E-state index >= 15 is 0 Å². The van der Waals surface area contributed by atoms with E-state index in [4.69, 9.17) is 10.5 Å². The first-order chi connectivity index (χ1) is 8.83. The summed E-state index contributed by atoms with van der Waals surface area (Å²) in [5.41, 5.74) is 5.39. The Kier molecular flexibility index (Phi) is 7.64. The molecule has 1 amide bonds. The minimum absolute atomic E-state index is 0.0404. The zero-order valence-corrected chi connectivity index (χ0v) is 10.7. The van der Waals surface area contributed by atoms with Crippen molar-refractivity contribution in [2.24, 2.45) is 5.73 Å². The van der Waals surface area contributed by atoms with Crippen LogP contribution in [0.5, 0.6) is 5.75 Å². The fourth-order valence-electron chi connectivity index (χ4n) is 1.54. The number of carbonyl (C=O) groups is 1. The summed E-state index contributed by atoms with van der Waals surface area (Å²) in [4.78, 5) is 11.5. The van der Waals surface area contributed by atoms with Crippen molar-refractivity contribution < 1.29 is 9.53 Å². The monoisotopic (exact) mass is 250 g/mol. The van der Waals surface area contributed by atoms with Crippen molar-refractivity contribution in [2.45, 2.75) is 25.7 Å². The Morgan fingerprint density at radius 1 is 1.17 bits per heavy atom. The van der Waals surface area contributed by atoms with Gasteiger partial charge in [0.1, 0.15) is 5.75 Å². The molecule has 0 radical (unpaired) electrons. The quantitative estimate of drug-likeness (QED) is 0.656. The molecule has 1 rings (SSSR count). The van der Waals surface area contributed by atoms with Gasteiger partial charge >= 0.3 is 0 Å². The Hall–Kier alpha value is -1.55. The zero-order chi connectivity index (χ0) is 13.1. The van der Waals surface area contributed by atoms with Crippen LogP contribution in [0, 0.1) is 0 Å². The molecule has 4 nitrogen and oxygen atoms in total. The molecular weight excluding hydrogens is 228 g/mol. The fraction of sp³-hybridized carbons (Fsp3) is 0.500. The second-order valence-electron chi connectivity index (χ2n) is 4.11. The third kappa shape index (κ3) is 6.91. The van der Waals surface area contributed by atoms with Gasteiger partial charge in [0.05, 0.1) is 13.0 Å². The smallest absolute Gasteiger partial charge is 0.223 e. The highest BCUT2D eigenvalue weighted by Crippen LogP contribution is 2.08. The van der Waals surface area contributed by atoms with Gasteiger partial charge in [-0.25, -0.2) is 0 Å². The molecule has 3 N–H and O–H groups in total. The van der Waals surface area contributed by atoms with Crippen molar-refractivity contribution in [2.75, 3.05) is 19.7 Å². The molecule has 0 saturated carbocycles. The Morgan fingerprint density at radius 3 is 2.67 bits per heavy atom. The van der Waals surface area contributed by atoms with E-state index in [9.17, 15) is 4.79 Å². The summed E-state index contributed by atoms with van der Waals surface area (Å²) in [5.74, 6) is 0.840. The summed E-state index contributed by atoms with van der Waals surface area (Å²) in [6.45, 7) is 1.86. The molecule has 1 aromatic rings. The highest BCUT2D eigenvalue weighted by atomic mass is 16.5. The first-order valence-corrected chi connectivity index (χ1v) is 6.47. The van der Waals surface area contributed by atoms with Gasteiger partial charge in [0, 0.05) is 6.54 Å². The van der Waals surface area contributed by atoms with Crippen LogP contribution in [0.15, 0.2) is 30.3 Å². The lowest BCUT2D eigenvalue weighted by Crippen LogP contribution is -2.26. The standard InChI is InChI=1S/C14H22N2O2/c15-10-5-2-6-11-16-14(17)9-12-18-13-7-3-1-4-8-13/h1,3-4,7-8H,2,5-6,9-12,15H2,(H,16,17). The molecule has 0 spiro atoms. The number of rotatable bonds is 9. The lowest BCUT2D eigenvalue weighted by atomic mass is 10.2. The number of unbranched alkanes of at least 4 members (excludes halogenated alkanes) is 2. The van der Waals surface area contributed by atoms with Gasteiger partial charge in [0.25, 0.3) is 0 Å². The Labute approximate surface area is 109 Å². The summed E-state index contributed by atoms with van der Waals surface area (Å²) < 4.78 is 5.44. The molecule has 0 heterocycles. The molecule has 0 aliphatic carbocycles. The molecule has 0 atom stereocenters. The number of para-hydroxylation sites is 1. The highest BCUT2D eigenvalue weighted by Gasteiger charge is 2.00. The van der Waals surface area contributed by atoms with E-state index in [-0.39, 0.29) is 5.91 Å². The van der Waals surface area contributed by atoms with E-state index in [0.29, 0.717) is 13.0 Å². The van der Waals surface area contributed by atoms with Crippen LogP contribution in [0.2, 0.25) is 0 Å². The Morgan fingerprint density at radius 2 is 1.94 bits per heavy atom. The minimum Gasteiger partial charge on any atom is -0.493 e. The molecule has 100 valence electrons. The van der Waals surface area contributed by atoms with Crippen molar-refractivity contribution in [1.82, 2.24) is 5.32 Å². The largest absolute Gasteiger partial charge is 0.493 e. The van der Waals surface area contributed by atoms with E-state index in [2.05, 4.69) is 5.32 Å². The summed E-state index contributed by atoms with van der Waals surface area (Å²) >= 11 is 0. The van der Waals surface area contributed by atoms with E-state index in [0.717, 1.165) is 38.1 Å². The lowest BCUT2D eigenvalue weighted by molar-refractivity contribution is -0.121. The number of carbonyl (C=O) groups excluding carboxylic acids is 1. The molecule has 0 aromatic heterocycles. The van der Waals surface area contributed by atoms with Crippen LogP contribution in [-0.2, 0) is 4.79 Å². The van der Waals surface area contributed by atoms with Crippen LogP contribution < -0.4 is 15.8 Å². The fourth-order valence-corrected chi connectivity index (χ4v) is 1.54. The van der Waals surface area contributed by atoms with Gasteiger partial charge in [-0.05, 0) is 31.5 Å². The molecule has 0 bridgehead atoms. The van der Waals surface area contributed by atoms with E-state index in [1.807, 2.05) is 30.3 Å². The predicted octanol–water partition coefficient (Wildman–Crippen LogP) is 1.70. The molecule has 0 unspecified atom stereocenters. The van der Waals surface area contributed by atoms with Crippen LogP contribution in [-0.4, -0.2) is 25.6 Å². The molecular formula is C14H22N2O2. The van der Waals surface area contributed by atoms with Gasteiger partial charge in [-0.1, -0.05) is 24.6 Å². The number of hydrogen-bond donors (Lipinski definition) is 2. The van der Waals surface area contributed by atoms with Gasteiger partial charge in [-0.2, -0.15) is 0 Å². The van der Waals surface area contributed by atoms with Gasteiger partial charge < -0.3 is 15.8 Å². The minimum atomic E-state index is 0.0404. The van der Waals surface area contributed by atoms with E-state index < -0.39 is 0 Å². The van der Waals surface area contributed by atoms with Gasteiger partial charge in [-0.3, -0.25) is 4.79 Å². The Balaban J connectivity index is 2.00. The van der Waals surface area contributed by atoms with Crippen molar-refractivity contribution in [3.05, 3.63) is 30.3 Å². The summed E-state index contributed by atoms with van der Waals surface area (Å²) in [5, 5.41) is 2.87. The molecule has 0 aliphatic rings. The lowest BCUT2D eigenvalue weighted by Gasteiger charge is -2.07. The maximum Gasteiger partial charge on any atom is 0.223 e. The van der Waals surface area contributed by atoms with Crippen LogP contribution in [0.4, 0.5) is 0 Å². The van der Waals surface area contributed by atoms with E-state index in [1.54, 1.807) is 0 Å². The third-order valence-corrected chi connectivity index (χ3v) is 2.54. The normalized spacial score (nSPS) is 10.1. The molecule has 0 saturated heterocycles. The Bertz CT molecular complexity index is 328. The highest BCUT2D eigenvalue weighted by molar-refractivity contribution is 5.75. The molecule has 0 aliphatic heterocycles. The molecule has 0 fully saturated rings. The molecule has 18 heavy (non-hydrogen) atoms. The number of benzene rings is 1. The second-order valence-corrected chi connectivity index (χ2v) is 4.11. The van der Waals surface area contributed by atoms with Crippen LogP contribution >= 0.6 is 0 Å². The van der Waals surface area contributed by atoms with Crippen molar-refractivity contribution >= 4 is 5.91 Å². The number of ether oxygens (including phenoxy) is 1. The number of amides is 1. The average molecular weight is 250 g/mol. The summed E-state index contributed by atoms with van der Waals surface area (Å²) in [7, 11) is 0. The summed E-state index contributed by atoms with van der Waals surface area (Å²) in [6, 6.07) is 9.51.